The molecule has 13 nitrogen and oxygen atoms in total. The number of primary amides is 1. The second kappa shape index (κ2) is 15.0. The van der Waals surface area contributed by atoms with Crippen LogP contribution in [-0.4, -0.2) is 80.8 Å². The number of carboxylic acids is 1. The molecule has 1 aromatic heterocycles. The van der Waals surface area contributed by atoms with Crippen molar-refractivity contribution in [2.24, 2.45) is 17.4 Å². The van der Waals surface area contributed by atoms with Crippen LogP contribution in [-0.2, 0) is 30.4 Å². The summed E-state index contributed by atoms with van der Waals surface area (Å²) in [5.74, 6) is -4.09. The highest BCUT2D eigenvalue weighted by Crippen LogP contribution is 2.10. The standard InChI is InChI=1S/C21H35N7O6S/c1-4-11(2)17(21(33)34)28-19(31)14(5-6-35-3)26-20(32)15(8-16(23)29)27-18(30)13(22)7-12-9-24-10-25-12/h9-11,13-15,17H,4-8,22H2,1-3H3,(H2,23,29)(H,24,25)(H,26,32)(H,27,30)(H,28,31)(H,33,34). The number of thioether (sulfide) groups is 1. The number of rotatable bonds is 16. The lowest BCUT2D eigenvalue weighted by Gasteiger charge is -2.26. The molecule has 0 aliphatic rings. The Hall–Kier alpha value is -3.13. The van der Waals surface area contributed by atoms with Gasteiger partial charge < -0.3 is 37.5 Å². The number of amides is 4. The van der Waals surface area contributed by atoms with E-state index in [1.54, 1.807) is 13.8 Å². The van der Waals surface area contributed by atoms with Gasteiger partial charge in [-0.15, -0.1) is 0 Å². The van der Waals surface area contributed by atoms with Crippen molar-refractivity contribution in [2.75, 3.05) is 12.0 Å². The largest absolute Gasteiger partial charge is 0.480 e. The molecule has 0 aliphatic heterocycles. The topological polar surface area (TPSA) is 222 Å². The quantitative estimate of drug-likeness (QED) is 0.136. The third-order valence-corrected chi connectivity index (χ3v) is 6.03. The van der Waals surface area contributed by atoms with Crippen LogP contribution < -0.4 is 27.4 Å². The molecule has 9 N–H and O–H groups in total. The summed E-state index contributed by atoms with van der Waals surface area (Å²) >= 11 is 1.43. The Kier molecular flexibility index (Phi) is 12.8. The summed E-state index contributed by atoms with van der Waals surface area (Å²) in [6.45, 7) is 3.49. The SMILES string of the molecule is CCC(C)C(NC(=O)C(CCSC)NC(=O)C(CC(N)=O)NC(=O)C(N)Cc1cnc[nH]1)C(=O)O. The molecule has 0 radical (unpaired) electrons. The minimum atomic E-state index is -1.37. The summed E-state index contributed by atoms with van der Waals surface area (Å²) in [5.41, 5.74) is 11.7. The van der Waals surface area contributed by atoms with Gasteiger partial charge in [-0.2, -0.15) is 11.8 Å². The van der Waals surface area contributed by atoms with E-state index in [1.165, 1.54) is 24.3 Å². The highest BCUT2D eigenvalue weighted by atomic mass is 32.2. The third kappa shape index (κ3) is 10.3. The van der Waals surface area contributed by atoms with Gasteiger partial charge in [-0.3, -0.25) is 19.2 Å². The van der Waals surface area contributed by atoms with Crippen LogP contribution in [0.25, 0.3) is 0 Å². The predicted octanol–water partition coefficient (Wildman–Crippen LogP) is -1.51. The van der Waals surface area contributed by atoms with Crippen LogP contribution in [0.1, 0.15) is 38.8 Å². The molecular weight excluding hydrogens is 478 g/mol. The lowest BCUT2D eigenvalue weighted by Crippen LogP contribution is -2.58. The number of aromatic amines is 1. The van der Waals surface area contributed by atoms with E-state index < -0.39 is 60.2 Å². The van der Waals surface area contributed by atoms with Gasteiger partial charge in [0.1, 0.15) is 18.1 Å². The number of hydrogen-bond acceptors (Lipinski definition) is 8. The molecule has 1 rings (SSSR count). The van der Waals surface area contributed by atoms with E-state index in [0.29, 0.717) is 17.9 Å². The monoisotopic (exact) mass is 513 g/mol. The number of carbonyl (C=O) groups is 5. The molecule has 1 heterocycles. The molecule has 0 bridgehead atoms. The van der Waals surface area contributed by atoms with Gasteiger partial charge in [0.2, 0.25) is 23.6 Å². The van der Waals surface area contributed by atoms with Crippen LogP contribution in [0.15, 0.2) is 12.5 Å². The lowest BCUT2D eigenvalue weighted by molar-refractivity contribution is -0.144. The third-order valence-electron chi connectivity index (χ3n) is 5.39. The normalized spacial score (nSPS) is 15.2. The summed E-state index contributed by atoms with van der Waals surface area (Å²) in [6, 6.07) is -4.64. The zero-order valence-corrected chi connectivity index (χ0v) is 20.9. The van der Waals surface area contributed by atoms with Gasteiger partial charge in [0.25, 0.3) is 0 Å². The fourth-order valence-corrected chi connectivity index (χ4v) is 3.60. The number of aromatic nitrogens is 2. The maximum atomic E-state index is 12.9. The number of nitrogens with zero attached hydrogens (tertiary/aromatic N) is 1. The molecule has 0 fully saturated rings. The van der Waals surface area contributed by atoms with Crippen LogP contribution >= 0.6 is 11.8 Å². The number of carboxylic acid groups (broad SMARTS) is 1. The summed E-state index contributed by atoms with van der Waals surface area (Å²) in [4.78, 5) is 68.1. The van der Waals surface area contributed by atoms with Crippen molar-refractivity contribution in [2.45, 2.75) is 63.7 Å². The molecule has 196 valence electrons. The van der Waals surface area contributed by atoms with Crippen LogP contribution in [0, 0.1) is 5.92 Å². The molecule has 1 aromatic rings. The smallest absolute Gasteiger partial charge is 0.326 e. The van der Waals surface area contributed by atoms with Crippen molar-refractivity contribution >= 4 is 41.4 Å². The summed E-state index contributed by atoms with van der Waals surface area (Å²) < 4.78 is 0. The molecule has 0 spiro atoms. The summed E-state index contributed by atoms with van der Waals surface area (Å²) in [7, 11) is 0. The van der Waals surface area contributed by atoms with Crippen molar-refractivity contribution in [1.29, 1.82) is 0 Å². The molecule has 0 saturated heterocycles. The van der Waals surface area contributed by atoms with Crippen LogP contribution in [0.5, 0.6) is 0 Å². The molecule has 4 amide bonds. The van der Waals surface area contributed by atoms with Gasteiger partial charge in [-0.25, -0.2) is 9.78 Å². The fourth-order valence-electron chi connectivity index (χ4n) is 3.13. The van der Waals surface area contributed by atoms with Crippen LogP contribution in [0.4, 0.5) is 0 Å². The van der Waals surface area contributed by atoms with Crippen molar-refractivity contribution < 1.29 is 29.1 Å². The van der Waals surface area contributed by atoms with Gasteiger partial charge in [-0.1, -0.05) is 20.3 Å². The van der Waals surface area contributed by atoms with Crippen molar-refractivity contribution in [3.8, 4) is 0 Å². The first-order valence-electron chi connectivity index (χ1n) is 11.1. The summed E-state index contributed by atoms with van der Waals surface area (Å²) in [5, 5.41) is 16.9. The molecule has 0 aromatic carbocycles. The number of nitrogens with one attached hydrogen (secondary N) is 4. The Bertz CT molecular complexity index is 866. The van der Waals surface area contributed by atoms with Crippen molar-refractivity contribution in [3.63, 3.8) is 0 Å². The number of imidazole rings is 1. The van der Waals surface area contributed by atoms with E-state index in [4.69, 9.17) is 11.5 Å². The lowest BCUT2D eigenvalue weighted by atomic mass is 9.98. The number of nitrogens with two attached hydrogens (primary N) is 2. The highest BCUT2D eigenvalue weighted by molar-refractivity contribution is 7.98. The van der Waals surface area contributed by atoms with Gasteiger partial charge in [-0.05, 0) is 24.3 Å². The fraction of sp³-hybridized carbons (Fsp3) is 0.619. The van der Waals surface area contributed by atoms with E-state index in [-0.39, 0.29) is 18.8 Å². The second-order valence-corrected chi connectivity index (χ2v) is 9.16. The number of hydrogen-bond donors (Lipinski definition) is 7. The average Bonchev–Trinajstić information content (AvgIpc) is 3.31. The molecule has 0 saturated carbocycles. The van der Waals surface area contributed by atoms with E-state index in [0.717, 1.165) is 0 Å². The van der Waals surface area contributed by atoms with Gasteiger partial charge in [0, 0.05) is 18.3 Å². The van der Waals surface area contributed by atoms with Gasteiger partial charge >= 0.3 is 5.97 Å². The van der Waals surface area contributed by atoms with E-state index in [1.807, 2.05) is 6.26 Å². The molecule has 5 atom stereocenters. The Morgan fingerprint density at radius 3 is 2.26 bits per heavy atom. The minimum Gasteiger partial charge on any atom is -0.480 e. The minimum absolute atomic E-state index is 0.113. The van der Waals surface area contributed by atoms with E-state index >= 15 is 0 Å². The second-order valence-electron chi connectivity index (χ2n) is 8.17. The first-order chi connectivity index (χ1) is 16.5. The Morgan fingerprint density at radius 2 is 1.74 bits per heavy atom. The number of aliphatic carboxylic acids is 1. The van der Waals surface area contributed by atoms with Crippen LogP contribution in [0.3, 0.4) is 0 Å². The maximum Gasteiger partial charge on any atom is 0.326 e. The van der Waals surface area contributed by atoms with Gasteiger partial charge in [0.05, 0.1) is 18.8 Å². The average molecular weight is 514 g/mol. The Balaban J connectivity index is 2.95. The summed E-state index contributed by atoms with van der Waals surface area (Å²) in [6.07, 6.45) is 5.05. The highest BCUT2D eigenvalue weighted by Gasteiger charge is 2.32. The van der Waals surface area contributed by atoms with E-state index in [2.05, 4.69) is 25.9 Å². The van der Waals surface area contributed by atoms with Crippen molar-refractivity contribution in [3.05, 3.63) is 18.2 Å². The molecular formula is C21H35N7O6S. The number of H-pyrrole nitrogens is 1. The Morgan fingerprint density at radius 1 is 1.11 bits per heavy atom. The Labute approximate surface area is 207 Å². The molecule has 14 heteroatoms. The maximum absolute atomic E-state index is 12.9. The molecule has 5 unspecified atom stereocenters. The van der Waals surface area contributed by atoms with Crippen molar-refractivity contribution in [1.82, 2.24) is 25.9 Å². The number of carbonyl (C=O) groups excluding carboxylic acids is 4. The molecule has 0 aliphatic carbocycles. The zero-order valence-electron chi connectivity index (χ0n) is 20.1. The van der Waals surface area contributed by atoms with Gasteiger partial charge in [0.15, 0.2) is 0 Å². The predicted molar refractivity (Wildman–Crippen MR) is 130 cm³/mol. The first kappa shape index (κ1) is 29.9. The molecule has 35 heavy (non-hydrogen) atoms. The first-order valence-corrected chi connectivity index (χ1v) is 12.5. The zero-order chi connectivity index (χ0) is 26.5. The van der Waals surface area contributed by atoms with Crippen LogP contribution in [0.2, 0.25) is 0 Å². The van der Waals surface area contributed by atoms with E-state index in [9.17, 15) is 29.1 Å².